The average molecular weight is 310 g/mol. The van der Waals surface area contributed by atoms with Crippen LogP contribution in [0.2, 0.25) is 0 Å². The number of ether oxygens (including phenoxy) is 1. The molecule has 0 saturated heterocycles. The fourth-order valence-corrected chi connectivity index (χ4v) is 2.75. The number of thiophene rings is 1. The van der Waals surface area contributed by atoms with Crippen molar-refractivity contribution in [3.63, 3.8) is 0 Å². The smallest absolute Gasteiger partial charge is 0.350 e. The second-order valence-corrected chi connectivity index (χ2v) is 5.98. The Bertz CT molecular complexity index is 555. The zero-order valence-electron chi connectivity index (χ0n) is 12.0. The standard InChI is InChI=1S/C14H18N2O4S/c1-8-7-9(8)13(18)15-5-3-11(17)16-10-4-6-21-12(10)14(19)20-2/h4,6,8-9H,3,5,7H2,1-2H3,(H,15,18)(H,16,17). The van der Waals surface area contributed by atoms with E-state index in [2.05, 4.69) is 15.4 Å². The number of esters is 1. The fraction of sp³-hybridized carbons (Fsp3) is 0.500. The zero-order valence-corrected chi connectivity index (χ0v) is 12.8. The van der Waals surface area contributed by atoms with Crippen LogP contribution < -0.4 is 10.6 Å². The van der Waals surface area contributed by atoms with Crippen molar-refractivity contribution in [1.29, 1.82) is 0 Å². The van der Waals surface area contributed by atoms with E-state index in [0.29, 0.717) is 23.0 Å². The quantitative estimate of drug-likeness (QED) is 0.782. The van der Waals surface area contributed by atoms with Gasteiger partial charge in [0.15, 0.2) is 0 Å². The first-order valence-corrected chi connectivity index (χ1v) is 7.64. The van der Waals surface area contributed by atoms with Crippen molar-refractivity contribution in [2.24, 2.45) is 11.8 Å². The molecule has 7 heteroatoms. The van der Waals surface area contributed by atoms with E-state index in [1.165, 1.54) is 18.4 Å². The highest BCUT2D eigenvalue weighted by Crippen LogP contribution is 2.37. The molecule has 0 aromatic carbocycles. The van der Waals surface area contributed by atoms with Gasteiger partial charge in [0.05, 0.1) is 12.8 Å². The van der Waals surface area contributed by atoms with Crippen molar-refractivity contribution in [3.8, 4) is 0 Å². The van der Waals surface area contributed by atoms with Gasteiger partial charge in [-0.3, -0.25) is 9.59 Å². The molecule has 1 aliphatic rings. The van der Waals surface area contributed by atoms with Crippen LogP contribution in [0.15, 0.2) is 11.4 Å². The van der Waals surface area contributed by atoms with Crippen LogP contribution >= 0.6 is 11.3 Å². The van der Waals surface area contributed by atoms with Crippen LogP contribution in [0, 0.1) is 11.8 Å². The van der Waals surface area contributed by atoms with Crippen molar-refractivity contribution < 1.29 is 19.1 Å². The van der Waals surface area contributed by atoms with Crippen molar-refractivity contribution in [2.75, 3.05) is 19.0 Å². The first kappa shape index (κ1) is 15.5. The number of hydrogen-bond acceptors (Lipinski definition) is 5. The number of carbonyl (C=O) groups excluding carboxylic acids is 3. The number of anilines is 1. The van der Waals surface area contributed by atoms with Gasteiger partial charge < -0.3 is 15.4 Å². The molecule has 0 aliphatic heterocycles. The average Bonchev–Trinajstić information content (AvgIpc) is 3.01. The third kappa shape index (κ3) is 4.04. The molecule has 0 bridgehead atoms. The van der Waals surface area contributed by atoms with Gasteiger partial charge in [0.25, 0.3) is 0 Å². The number of methoxy groups -OCH3 is 1. The summed E-state index contributed by atoms with van der Waals surface area (Å²) in [5, 5.41) is 7.10. The maximum atomic E-state index is 11.8. The third-order valence-electron chi connectivity index (χ3n) is 3.41. The Kier molecular flexibility index (Phi) is 4.95. The number of rotatable bonds is 6. The molecule has 2 amide bonds. The second-order valence-electron chi connectivity index (χ2n) is 5.06. The van der Waals surface area contributed by atoms with Crippen molar-refractivity contribution >= 4 is 34.8 Å². The van der Waals surface area contributed by atoms with Gasteiger partial charge >= 0.3 is 5.97 Å². The van der Waals surface area contributed by atoms with Gasteiger partial charge in [-0.05, 0) is 23.8 Å². The van der Waals surface area contributed by atoms with Gasteiger partial charge in [-0.25, -0.2) is 4.79 Å². The van der Waals surface area contributed by atoms with Crippen LogP contribution in [0.25, 0.3) is 0 Å². The number of hydrogen-bond donors (Lipinski definition) is 2. The maximum absolute atomic E-state index is 11.8. The lowest BCUT2D eigenvalue weighted by Gasteiger charge is -2.06. The van der Waals surface area contributed by atoms with E-state index in [0.717, 1.165) is 6.42 Å². The third-order valence-corrected chi connectivity index (χ3v) is 4.30. The molecule has 21 heavy (non-hydrogen) atoms. The summed E-state index contributed by atoms with van der Waals surface area (Å²) in [7, 11) is 1.29. The minimum absolute atomic E-state index is 0.0149. The minimum Gasteiger partial charge on any atom is -0.465 e. The highest BCUT2D eigenvalue weighted by Gasteiger charge is 2.38. The molecule has 1 aliphatic carbocycles. The van der Waals surface area contributed by atoms with E-state index in [4.69, 9.17) is 0 Å². The van der Waals surface area contributed by atoms with Gasteiger partial charge in [-0.15, -0.1) is 11.3 Å². The molecule has 2 atom stereocenters. The zero-order chi connectivity index (χ0) is 15.4. The predicted molar refractivity (Wildman–Crippen MR) is 79.2 cm³/mol. The first-order valence-electron chi connectivity index (χ1n) is 6.76. The summed E-state index contributed by atoms with van der Waals surface area (Å²) in [6.45, 7) is 2.33. The first-order chi connectivity index (χ1) is 10.0. The molecule has 1 heterocycles. The molecule has 1 saturated carbocycles. The van der Waals surface area contributed by atoms with Gasteiger partial charge in [0, 0.05) is 18.9 Å². The largest absolute Gasteiger partial charge is 0.465 e. The number of amides is 2. The Hall–Kier alpha value is -1.89. The van der Waals surface area contributed by atoms with Gasteiger partial charge in [-0.2, -0.15) is 0 Å². The summed E-state index contributed by atoms with van der Waals surface area (Å²) >= 11 is 1.21. The Balaban J connectivity index is 1.76. The maximum Gasteiger partial charge on any atom is 0.350 e. The SMILES string of the molecule is COC(=O)c1sccc1NC(=O)CCNC(=O)C1CC1C. The lowest BCUT2D eigenvalue weighted by Crippen LogP contribution is -2.29. The minimum atomic E-state index is -0.476. The molecular formula is C14H18N2O4S. The Labute approximate surface area is 126 Å². The van der Waals surface area contributed by atoms with Crippen molar-refractivity contribution in [2.45, 2.75) is 19.8 Å². The lowest BCUT2D eigenvalue weighted by molar-refractivity contribution is -0.122. The second kappa shape index (κ2) is 6.71. The summed E-state index contributed by atoms with van der Waals surface area (Å²) in [4.78, 5) is 35.2. The monoisotopic (exact) mass is 310 g/mol. The molecule has 0 radical (unpaired) electrons. The van der Waals surface area contributed by atoms with Crippen LogP contribution in [0.3, 0.4) is 0 Å². The molecule has 114 valence electrons. The summed E-state index contributed by atoms with van der Waals surface area (Å²) in [5.41, 5.74) is 0.444. The van der Waals surface area contributed by atoms with Crippen LogP contribution in [0.1, 0.15) is 29.4 Å². The van der Waals surface area contributed by atoms with Crippen LogP contribution in [0.4, 0.5) is 5.69 Å². The van der Waals surface area contributed by atoms with E-state index in [9.17, 15) is 14.4 Å². The van der Waals surface area contributed by atoms with Crippen LogP contribution in [-0.2, 0) is 14.3 Å². The Morgan fingerprint density at radius 3 is 2.76 bits per heavy atom. The molecular weight excluding hydrogens is 292 g/mol. The normalized spacial score (nSPS) is 19.7. The molecule has 0 spiro atoms. The molecule has 6 nitrogen and oxygen atoms in total. The fourth-order valence-electron chi connectivity index (χ4n) is 1.99. The number of nitrogens with one attached hydrogen (secondary N) is 2. The van der Waals surface area contributed by atoms with E-state index in [1.54, 1.807) is 11.4 Å². The molecule has 2 unspecified atom stereocenters. The van der Waals surface area contributed by atoms with Crippen LogP contribution in [0.5, 0.6) is 0 Å². The summed E-state index contributed by atoms with van der Waals surface area (Å²) in [6.07, 6.45) is 1.10. The highest BCUT2D eigenvalue weighted by atomic mass is 32.1. The van der Waals surface area contributed by atoms with Crippen molar-refractivity contribution in [1.82, 2.24) is 5.32 Å². The topological polar surface area (TPSA) is 84.5 Å². The summed E-state index contributed by atoms with van der Waals surface area (Å²) in [6, 6.07) is 1.65. The Morgan fingerprint density at radius 1 is 1.43 bits per heavy atom. The molecule has 1 aromatic heterocycles. The van der Waals surface area contributed by atoms with E-state index < -0.39 is 5.97 Å². The molecule has 2 N–H and O–H groups in total. The Morgan fingerprint density at radius 2 is 2.14 bits per heavy atom. The molecule has 2 rings (SSSR count). The van der Waals surface area contributed by atoms with E-state index in [-0.39, 0.29) is 24.2 Å². The summed E-state index contributed by atoms with van der Waals surface area (Å²) in [5.74, 6) is -0.150. The predicted octanol–water partition coefficient (Wildman–Crippen LogP) is 1.64. The van der Waals surface area contributed by atoms with Gasteiger partial charge in [-0.1, -0.05) is 6.92 Å². The van der Waals surface area contributed by atoms with Gasteiger partial charge in [0.1, 0.15) is 4.88 Å². The lowest BCUT2D eigenvalue weighted by atomic mass is 10.3. The van der Waals surface area contributed by atoms with Gasteiger partial charge in [0.2, 0.25) is 11.8 Å². The highest BCUT2D eigenvalue weighted by molar-refractivity contribution is 7.12. The summed E-state index contributed by atoms with van der Waals surface area (Å²) < 4.78 is 4.64. The van der Waals surface area contributed by atoms with E-state index >= 15 is 0 Å². The van der Waals surface area contributed by atoms with Crippen LogP contribution in [-0.4, -0.2) is 31.4 Å². The molecule has 1 fully saturated rings. The van der Waals surface area contributed by atoms with Crippen molar-refractivity contribution in [3.05, 3.63) is 16.3 Å². The molecule has 1 aromatic rings. The van der Waals surface area contributed by atoms with E-state index in [1.807, 2.05) is 6.92 Å². The number of carbonyl (C=O) groups is 3.